The molecule has 0 amide bonds. The number of hydrogen-bond acceptors (Lipinski definition) is 3. The van der Waals surface area contributed by atoms with Crippen molar-refractivity contribution in [3.8, 4) is 0 Å². The van der Waals surface area contributed by atoms with Gasteiger partial charge in [-0.05, 0) is 55.8 Å². The fourth-order valence-electron chi connectivity index (χ4n) is 5.76. The predicted molar refractivity (Wildman–Crippen MR) is 107 cm³/mol. The molecule has 26 heavy (non-hydrogen) atoms. The summed E-state index contributed by atoms with van der Waals surface area (Å²) in [5.74, 6) is 1.88. The highest BCUT2D eigenvalue weighted by Gasteiger charge is 2.51. The number of rotatable bonds is 10. The minimum absolute atomic E-state index is 0.197. The number of Topliss-reactive ketones (excluding diaryl/α,β-unsaturated/α-hetero) is 1. The number of aliphatic hydroxyl groups is 1. The molecule has 0 saturated heterocycles. The van der Waals surface area contributed by atoms with Crippen molar-refractivity contribution in [2.75, 3.05) is 13.2 Å². The molecule has 2 fully saturated rings. The Morgan fingerprint density at radius 3 is 2.65 bits per heavy atom. The van der Waals surface area contributed by atoms with E-state index in [1.165, 1.54) is 12.8 Å². The lowest BCUT2D eigenvalue weighted by molar-refractivity contribution is -0.129. The summed E-state index contributed by atoms with van der Waals surface area (Å²) in [6, 6.07) is 0. The third-order valence-corrected chi connectivity index (χ3v) is 7.03. The monoisotopic (exact) mass is 364 g/mol. The Bertz CT molecular complexity index is 478. The predicted octanol–water partition coefficient (Wildman–Crippen LogP) is 5.31. The fraction of sp³-hybridized carbons (Fsp3) is 0.870. The van der Waals surface area contributed by atoms with Crippen LogP contribution >= 0.6 is 0 Å². The minimum Gasteiger partial charge on any atom is -0.387 e. The maximum Gasteiger partial charge on any atom is 0.136 e. The number of ether oxygens (including phenoxy) is 1. The van der Waals surface area contributed by atoms with Crippen LogP contribution in [0.1, 0.15) is 85.5 Å². The maximum atomic E-state index is 12.3. The molecule has 0 aliphatic heterocycles. The summed E-state index contributed by atoms with van der Waals surface area (Å²) >= 11 is 0. The van der Waals surface area contributed by atoms with Gasteiger partial charge in [0.1, 0.15) is 5.78 Å². The van der Waals surface area contributed by atoms with E-state index in [0.29, 0.717) is 36.8 Å². The van der Waals surface area contributed by atoms with Gasteiger partial charge in [-0.15, -0.1) is 0 Å². The van der Waals surface area contributed by atoms with Gasteiger partial charge in [0.2, 0.25) is 0 Å². The van der Waals surface area contributed by atoms with Gasteiger partial charge in [0.15, 0.2) is 0 Å². The van der Waals surface area contributed by atoms with Gasteiger partial charge in [-0.25, -0.2) is 0 Å². The third kappa shape index (κ3) is 4.98. The SMILES string of the molecule is CCCC(O)(CCC)COC/C=C/C(C)[C@H]1CC[C@H]2C(=O)CCC[C@]12C. The first-order valence-corrected chi connectivity index (χ1v) is 10.9. The van der Waals surface area contributed by atoms with Gasteiger partial charge in [0.05, 0.1) is 18.8 Å². The lowest BCUT2D eigenvalue weighted by Gasteiger charge is -2.41. The van der Waals surface area contributed by atoms with Gasteiger partial charge in [0, 0.05) is 12.3 Å². The average molecular weight is 365 g/mol. The van der Waals surface area contributed by atoms with Gasteiger partial charge in [-0.3, -0.25) is 4.79 Å². The second-order valence-electron chi connectivity index (χ2n) is 9.09. The number of allylic oxidation sites excluding steroid dienone is 1. The van der Waals surface area contributed by atoms with Crippen LogP contribution < -0.4 is 0 Å². The van der Waals surface area contributed by atoms with Crippen molar-refractivity contribution >= 4 is 5.78 Å². The molecule has 2 rings (SSSR count). The summed E-state index contributed by atoms with van der Waals surface area (Å²) in [5.41, 5.74) is -0.472. The Hall–Kier alpha value is -0.670. The first kappa shape index (κ1) is 21.6. The van der Waals surface area contributed by atoms with Gasteiger partial charge < -0.3 is 9.84 Å². The molecular weight excluding hydrogens is 324 g/mol. The van der Waals surface area contributed by atoms with E-state index < -0.39 is 5.60 Å². The second kappa shape index (κ2) is 9.50. The van der Waals surface area contributed by atoms with E-state index in [4.69, 9.17) is 4.74 Å². The van der Waals surface area contributed by atoms with Crippen molar-refractivity contribution in [2.45, 2.75) is 91.1 Å². The van der Waals surface area contributed by atoms with E-state index in [2.05, 4.69) is 39.8 Å². The number of carbonyl (C=O) groups is 1. The number of hydrogen-bond donors (Lipinski definition) is 1. The Morgan fingerprint density at radius 2 is 2.00 bits per heavy atom. The Kier molecular flexibility index (Phi) is 7.90. The molecule has 2 saturated carbocycles. The first-order chi connectivity index (χ1) is 12.4. The summed E-state index contributed by atoms with van der Waals surface area (Å²) in [6.07, 6.45) is 13.3. The Balaban J connectivity index is 1.82. The number of carbonyl (C=O) groups excluding carboxylic acids is 1. The highest BCUT2D eigenvalue weighted by Crippen LogP contribution is 2.56. The number of fused-ring (bicyclic) bond motifs is 1. The molecule has 2 aliphatic rings. The summed E-state index contributed by atoms with van der Waals surface area (Å²) < 4.78 is 5.77. The van der Waals surface area contributed by atoms with Crippen LogP contribution in [0.15, 0.2) is 12.2 Å². The molecule has 0 heterocycles. The van der Waals surface area contributed by atoms with Crippen molar-refractivity contribution in [3.63, 3.8) is 0 Å². The van der Waals surface area contributed by atoms with E-state index in [-0.39, 0.29) is 5.41 Å². The van der Waals surface area contributed by atoms with Crippen LogP contribution in [0.4, 0.5) is 0 Å². The minimum atomic E-state index is -0.669. The molecule has 1 N–H and O–H groups in total. The average Bonchev–Trinajstić information content (AvgIpc) is 2.93. The highest BCUT2D eigenvalue weighted by atomic mass is 16.5. The lowest BCUT2D eigenvalue weighted by Crippen LogP contribution is -2.39. The van der Waals surface area contributed by atoms with Crippen LogP contribution in [0.2, 0.25) is 0 Å². The summed E-state index contributed by atoms with van der Waals surface area (Å²) in [7, 11) is 0. The molecule has 2 aliphatic carbocycles. The molecule has 3 nitrogen and oxygen atoms in total. The molecule has 150 valence electrons. The van der Waals surface area contributed by atoms with Crippen LogP contribution in [0.3, 0.4) is 0 Å². The molecule has 1 unspecified atom stereocenters. The quantitative estimate of drug-likeness (QED) is 0.422. The van der Waals surface area contributed by atoms with Crippen LogP contribution in [0.25, 0.3) is 0 Å². The van der Waals surface area contributed by atoms with Crippen LogP contribution in [-0.4, -0.2) is 29.7 Å². The maximum absolute atomic E-state index is 12.3. The normalized spacial score (nSPS) is 30.7. The molecule has 0 aromatic carbocycles. The first-order valence-electron chi connectivity index (χ1n) is 10.9. The van der Waals surface area contributed by atoms with Crippen LogP contribution in [0, 0.1) is 23.2 Å². The molecule has 4 atom stereocenters. The smallest absolute Gasteiger partial charge is 0.136 e. The van der Waals surface area contributed by atoms with Crippen molar-refractivity contribution in [1.82, 2.24) is 0 Å². The van der Waals surface area contributed by atoms with Crippen molar-refractivity contribution in [1.29, 1.82) is 0 Å². The highest BCUT2D eigenvalue weighted by molar-refractivity contribution is 5.83. The lowest BCUT2D eigenvalue weighted by atomic mass is 9.62. The van der Waals surface area contributed by atoms with E-state index in [1.807, 2.05) is 0 Å². The summed E-state index contributed by atoms with van der Waals surface area (Å²) in [5, 5.41) is 10.6. The van der Waals surface area contributed by atoms with E-state index in [1.54, 1.807) is 0 Å². The van der Waals surface area contributed by atoms with E-state index in [0.717, 1.165) is 44.9 Å². The zero-order valence-electron chi connectivity index (χ0n) is 17.4. The second-order valence-corrected chi connectivity index (χ2v) is 9.09. The molecule has 3 heteroatoms. The van der Waals surface area contributed by atoms with Gasteiger partial charge >= 0.3 is 0 Å². The van der Waals surface area contributed by atoms with Crippen molar-refractivity contribution in [2.24, 2.45) is 23.2 Å². The zero-order chi connectivity index (χ0) is 19.2. The topological polar surface area (TPSA) is 46.5 Å². The van der Waals surface area contributed by atoms with Gasteiger partial charge in [-0.2, -0.15) is 0 Å². The summed E-state index contributed by atoms with van der Waals surface area (Å²) in [6.45, 7) is 9.83. The van der Waals surface area contributed by atoms with E-state index >= 15 is 0 Å². The van der Waals surface area contributed by atoms with Crippen molar-refractivity contribution < 1.29 is 14.6 Å². The molecular formula is C23H40O3. The zero-order valence-corrected chi connectivity index (χ0v) is 17.4. The Labute approximate surface area is 160 Å². The van der Waals surface area contributed by atoms with Gasteiger partial charge in [0.25, 0.3) is 0 Å². The molecule has 0 radical (unpaired) electrons. The van der Waals surface area contributed by atoms with Crippen molar-refractivity contribution in [3.05, 3.63) is 12.2 Å². The number of ketones is 1. The Morgan fingerprint density at radius 1 is 1.31 bits per heavy atom. The van der Waals surface area contributed by atoms with Gasteiger partial charge in [-0.1, -0.05) is 52.7 Å². The third-order valence-electron chi connectivity index (χ3n) is 7.03. The fourth-order valence-corrected chi connectivity index (χ4v) is 5.76. The standard InChI is InChI=1S/C23H40O3/c1-5-13-23(25,14-6-2)17-26-16-8-9-18(3)19-11-12-20-21(24)10-7-15-22(19,20)4/h8-9,18-20,25H,5-7,10-17H2,1-4H3/b9-8+/t18?,19-,20+,22-/m1/s1. The van der Waals surface area contributed by atoms with Crippen LogP contribution in [-0.2, 0) is 9.53 Å². The van der Waals surface area contributed by atoms with E-state index in [9.17, 15) is 9.90 Å². The molecule has 0 spiro atoms. The molecule has 0 aromatic heterocycles. The molecule has 0 bridgehead atoms. The van der Waals surface area contributed by atoms with Crippen LogP contribution in [0.5, 0.6) is 0 Å². The largest absolute Gasteiger partial charge is 0.387 e. The molecule has 0 aromatic rings. The summed E-state index contributed by atoms with van der Waals surface area (Å²) in [4.78, 5) is 12.3.